The molecule has 1 aromatic heterocycles. The highest BCUT2D eigenvalue weighted by Gasteiger charge is 2.41. The van der Waals surface area contributed by atoms with E-state index in [2.05, 4.69) is 15.6 Å². The van der Waals surface area contributed by atoms with Crippen LogP contribution in [-0.4, -0.2) is 47.9 Å². The first-order valence-corrected chi connectivity index (χ1v) is 12.8. The number of aromatic nitrogens is 1. The Bertz CT molecular complexity index is 736. The summed E-state index contributed by atoms with van der Waals surface area (Å²) in [7, 11) is 3.79. The van der Waals surface area contributed by atoms with E-state index in [9.17, 15) is 9.59 Å². The minimum absolute atomic E-state index is 0.0766. The van der Waals surface area contributed by atoms with Crippen molar-refractivity contribution in [3.63, 3.8) is 0 Å². The van der Waals surface area contributed by atoms with Crippen LogP contribution in [0.3, 0.4) is 0 Å². The van der Waals surface area contributed by atoms with E-state index in [-0.39, 0.29) is 23.8 Å². The molecule has 7 heteroatoms. The number of nitrogens with zero attached hydrogens (tertiary/aromatic N) is 2. The summed E-state index contributed by atoms with van der Waals surface area (Å²) in [4.78, 5) is 32.8. The molecule has 0 spiro atoms. The molecule has 1 aromatic rings. The number of nitrogens with two attached hydrogens (primary N) is 1. The Hall–Kier alpha value is -2.15. The number of anilines is 1. The predicted molar refractivity (Wildman–Crippen MR) is 132 cm³/mol. The second-order valence-corrected chi connectivity index (χ2v) is 10.3. The molecule has 1 heterocycles. The van der Waals surface area contributed by atoms with E-state index < -0.39 is 6.04 Å². The topological polar surface area (TPSA) is 100 Å². The van der Waals surface area contributed by atoms with Gasteiger partial charge in [0, 0.05) is 12.7 Å². The molecule has 2 atom stereocenters. The first kappa shape index (κ1) is 25.5. The monoisotopic (exact) mass is 457 g/mol. The van der Waals surface area contributed by atoms with Crippen molar-refractivity contribution < 1.29 is 9.59 Å². The first-order chi connectivity index (χ1) is 15.9. The molecule has 2 fully saturated rings. The lowest BCUT2D eigenvalue weighted by atomic mass is 9.66. The Kier molecular flexibility index (Phi) is 9.53. The van der Waals surface area contributed by atoms with Gasteiger partial charge in [-0.15, -0.1) is 0 Å². The lowest BCUT2D eigenvalue weighted by Crippen LogP contribution is -2.57. The van der Waals surface area contributed by atoms with Crippen LogP contribution in [-0.2, 0) is 16.1 Å². The summed E-state index contributed by atoms with van der Waals surface area (Å²) in [6.07, 6.45) is 13.8. The van der Waals surface area contributed by atoms with Gasteiger partial charge in [0.1, 0.15) is 11.9 Å². The van der Waals surface area contributed by atoms with Crippen LogP contribution in [0.25, 0.3) is 0 Å². The molecule has 7 nitrogen and oxygen atoms in total. The van der Waals surface area contributed by atoms with Crippen LogP contribution in [0.4, 0.5) is 5.82 Å². The lowest BCUT2D eigenvalue weighted by Gasteiger charge is -2.42. The zero-order valence-electron chi connectivity index (χ0n) is 20.7. The standard InChI is InChI=1S/C26H43N5O2/c1-18(31(2)3)25(32)30-24(26(33)29-17-19-14-15-22(27)28-16-19)23(20-10-6-4-7-11-20)21-12-8-5-9-13-21/h14-16,18,20-21,23-24H,4-13,17H2,1-3H3,(H2,27,28)(H,29,33)(H,30,32)/t18-,24+/m0/s1. The summed E-state index contributed by atoms with van der Waals surface area (Å²) in [5.41, 5.74) is 6.59. The van der Waals surface area contributed by atoms with Crippen molar-refractivity contribution in [3.8, 4) is 0 Å². The zero-order chi connectivity index (χ0) is 23.8. The molecule has 2 aliphatic carbocycles. The van der Waals surface area contributed by atoms with E-state index in [1.165, 1.54) is 38.5 Å². The van der Waals surface area contributed by atoms with Gasteiger partial charge < -0.3 is 16.4 Å². The van der Waals surface area contributed by atoms with E-state index in [4.69, 9.17) is 5.73 Å². The van der Waals surface area contributed by atoms with E-state index in [0.717, 1.165) is 31.2 Å². The zero-order valence-corrected chi connectivity index (χ0v) is 20.7. The predicted octanol–water partition coefficient (Wildman–Crippen LogP) is 3.49. The van der Waals surface area contributed by atoms with Crippen LogP contribution in [0, 0.1) is 17.8 Å². The van der Waals surface area contributed by atoms with E-state index in [0.29, 0.717) is 24.2 Å². The Morgan fingerprint density at radius 3 is 2.06 bits per heavy atom. The summed E-state index contributed by atoms with van der Waals surface area (Å²) in [5.74, 6) is 1.48. The molecular formula is C26H43N5O2. The van der Waals surface area contributed by atoms with Crippen molar-refractivity contribution in [2.45, 2.75) is 89.8 Å². The number of rotatable bonds is 9. The van der Waals surface area contributed by atoms with Crippen LogP contribution in [0.2, 0.25) is 0 Å². The maximum atomic E-state index is 13.7. The molecule has 2 aliphatic rings. The maximum absolute atomic E-state index is 13.7. The fourth-order valence-corrected chi connectivity index (χ4v) is 5.65. The van der Waals surface area contributed by atoms with Gasteiger partial charge in [-0.1, -0.05) is 70.3 Å². The number of carbonyl (C=O) groups is 2. The van der Waals surface area contributed by atoms with Gasteiger partial charge in [0.05, 0.1) is 6.04 Å². The number of likely N-dealkylation sites (N-methyl/N-ethyl adjacent to an activating group) is 1. The van der Waals surface area contributed by atoms with Gasteiger partial charge in [-0.05, 0) is 50.4 Å². The van der Waals surface area contributed by atoms with Crippen LogP contribution in [0.15, 0.2) is 18.3 Å². The number of pyridine rings is 1. The molecule has 0 bridgehead atoms. The number of amides is 2. The van der Waals surface area contributed by atoms with Crippen molar-refractivity contribution in [1.82, 2.24) is 20.5 Å². The largest absolute Gasteiger partial charge is 0.384 e. The van der Waals surface area contributed by atoms with E-state index in [1.807, 2.05) is 32.0 Å². The van der Waals surface area contributed by atoms with Gasteiger partial charge in [-0.2, -0.15) is 0 Å². The second-order valence-electron chi connectivity index (χ2n) is 10.3. The molecule has 0 radical (unpaired) electrons. The highest BCUT2D eigenvalue weighted by molar-refractivity contribution is 5.89. The van der Waals surface area contributed by atoms with E-state index >= 15 is 0 Å². The van der Waals surface area contributed by atoms with Gasteiger partial charge in [-0.3, -0.25) is 14.5 Å². The number of hydrogen-bond donors (Lipinski definition) is 3. The Morgan fingerprint density at radius 1 is 1.00 bits per heavy atom. The minimum Gasteiger partial charge on any atom is -0.384 e. The third-order valence-electron chi connectivity index (χ3n) is 7.82. The molecule has 0 aliphatic heterocycles. The average Bonchev–Trinajstić information content (AvgIpc) is 2.83. The SMILES string of the molecule is C[C@@H](C(=O)N[C@@H](C(=O)NCc1ccc(N)nc1)C(C1CCCCC1)C1CCCCC1)N(C)C. The van der Waals surface area contributed by atoms with Crippen LogP contribution >= 0.6 is 0 Å². The molecule has 0 unspecified atom stereocenters. The number of nitrogen functional groups attached to an aromatic ring is 1. The highest BCUT2D eigenvalue weighted by atomic mass is 16.2. The van der Waals surface area contributed by atoms with E-state index in [1.54, 1.807) is 12.3 Å². The third kappa shape index (κ3) is 7.16. The highest BCUT2D eigenvalue weighted by Crippen LogP contribution is 2.42. The maximum Gasteiger partial charge on any atom is 0.243 e. The molecule has 33 heavy (non-hydrogen) atoms. The third-order valence-corrected chi connectivity index (χ3v) is 7.82. The second kappa shape index (κ2) is 12.4. The smallest absolute Gasteiger partial charge is 0.243 e. The molecule has 4 N–H and O–H groups in total. The summed E-state index contributed by atoms with van der Waals surface area (Å²) in [6, 6.07) is 2.82. The van der Waals surface area contributed by atoms with Gasteiger partial charge in [0.15, 0.2) is 0 Å². The summed E-state index contributed by atoms with van der Waals surface area (Å²) in [6.45, 7) is 2.27. The summed E-state index contributed by atoms with van der Waals surface area (Å²) >= 11 is 0. The number of carbonyl (C=O) groups excluding carboxylic acids is 2. The van der Waals surface area contributed by atoms with Gasteiger partial charge in [0.2, 0.25) is 11.8 Å². The average molecular weight is 458 g/mol. The fourth-order valence-electron chi connectivity index (χ4n) is 5.65. The molecule has 184 valence electrons. The van der Waals surface area contributed by atoms with Crippen LogP contribution in [0.5, 0.6) is 0 Å². The fraction of sp³-hybridized carbons (Fsp3) is 0.731. The molecule has 2 amide bonds. The van der Waals surface area contributed by atoms with Crippen molar-refractivity contribution in [1.29, 1.82) is 0 Å². The number of hydrogen-bond acceptors (Lipinski definition) is 5. The minimum atomic E-state index is -0.507. The lowest BCUT2D eigenvalue weighted by molar-refractivity contribution is -0.134. The first-order valence-electron chi connectivity index (χ1n) is 12.8. The summed E-state index contributed by atoms with van der Waals surface area (Å²) < 4.78 is 0. The quantitative estimate of drug-likeness (QED) is 0.527. The van der Waals surface area contributed by atoms with Crippen molar-refractivity contribution in [3.05, 3.63) is 23.9 Å². The summed E-state index contributed by atoms with van der Waals surface area (Å²) in [5, 5.41) is 6.31. The number of nitrogens with one attached hydrogen (secondary N) is 2. The van der Waals surface area contributed by atoms with Crippen molar-refractivity contribution >= 4 is 17.6 Å². The Labute approximate surface area is 199 Å². The van der Waals surface area contributed by atoms with Crippen LogP contribution < -0.4 is 16.4 Å². The molecule has 0 aromatic carbocycles. The van der Waals surface area contributed by atoms with Gasteiger partial charge in [-0.25, -0.2) is 4.98 Å². The normalized spacial score (nSPS) is 19.9. The van der Waals surface area contributed by atoms with Gasteiger partial charge >= 0.3 is 0 Å². The molecular weight excluding hydrogens is 414 g/mol. The molecule has 2 saturated carbocycles. The van der Waals surface area contributed by atoms with Crippen LogP contribution in [0.1, 0.15) is 76.7 Å². The van der Waals surface area contributed by atoms with Crippen molar-refractivity contribution in [2.24, 2.45) is 17.8 Å². The Morgan fingerprint density at radius 2 is 1.58 bits per heavy atom. The molecule has 0 saturated heterocycles. The Balaban J connectivity index is 1.83. The van der Waals surface area contributed by atoms with Gasteiger partial charge in [0.25, 0.3) is 0 Å². The molecule has 3 rings (SSSR count). The van der Waals surface area contributed by atoms with Crippen molar-refractivity contribution in [2.75, 3.05) is 19.8 Å².